The van der Waals surface area contributed by atoms with E-state index in [0.717, 1.165) is 21.0 Å². The average Bonchev–Trinajstić information content (AvgIpc) is 3.20. The van der Waals surface area contributed by atoms with Crippen LogP contribution in [0.15, 0.2) is 38.4 Å². The first-order chi connectivity index (χ1) is 10.5. The number of nitrogens with zero attached hydrogens (tertiary/aromatic N) is 1. The number of hydrogen-bond acceptors (Lipinski definition) is 6. The molecule has 3 aromatic rings. The van der Waals surface area contributed by atoms with Crippen LogP contribution in [0.4, 0.5) is 0 Å². The van der Waals surface area contributed by atoms with Crippen molar-refractivity contribution in [1.82, 2.24) is 9.88 Å². The van der Waals surface area contributed by atoms with Gasteiger partial charge in [-0.15, -0.1) is 22.7 Å². The highest BCUT2D eigenvalue weighted by molar-refractivity contribution is 7.91. The van der Waals surface area contributed by atoms with Crippen LogP contribution in [0.1, 0.15) is 16.1 Å². The van der Waals surface area contributed by atoms with Crippen LogP contribution in [0.5, 0.6) is 0 Å². The minimum Gasteiger partial charge on any atom is -0.355 e. The van der Waals surface area contributed by atoms with Gasteiger partial charge in [0.1, 0.15) is 4.21 Å². The van der Waals surface area contributed by atoms with E-state index >= 15 is 0 Å². The molecule has 0 saturated heterocycles. The van der Waals surface area contributed by atoms with E-state index in [1.807, 2.05) is 31.4 Å². The van der Waals surface area contributed by atoms with Gasteiger partial charge >= 0.3 is 0 Å². The Bertz CT molecular complexity index is 876. The van der Waals surface area contributed by atoms with Gasteiger partial charge in [-0.05, 0) is 37.4 Å². The number of aromatic nitrogens is 1. The third kappa shape index (κ3) is 3.00. The molecule has 0 unspecified atom stereocenters. The summed E-state index contributed by atoms with van der Waals surface area (Å²) in [6, 6.07) is 7.13. The summed E-state index contributed by atoms with van der Waals surface area (Å²) in [6.07, 6.45) is 0. The third-order valence-electron chi connectivity index (χ3n) is 3.24. The van der Waals surface area contributed by atoms with Crippen LogP contribution in [0.2, 0.25) is 0 Å². The van der Waals surface area contributed by atoms with Crippen molar-refractivity contribution in [1.29, 1.82) is 0 Å². The molecule has 3 heterocycles. The molecule has 22 heavy (non-hydrogen) atoms. The summed E-state index contributed by atoms with van der Waals surface area (Å²) in [4.78, 5) is 1.73. The molecule has 5 nitrogen and oxygen atoms in total. The second kappa shape index (κ2) is 5.96. The second-order valence-electron chi connectivity index (χ2n) is 4.74. The monoisotopic (exact) mass is 354 g/mol. The number of hydrogen-bond donors (Lipinski definition) is 1. The van der Waals surface area contributed by atoms with Crippen LogP contribution in [0, 0.1) is 13.8 Å². The lowest BCUT2D eigenvalue weighted by atomic mass is 10.2. The fourth-order valence-corrected chi connectivity index (χ4v) is 5.01. The van der Waals surface area contributed by atoms with Gasteiger partial charge in [0.2, 0.25) is 10.0 Å². The molecule has 0 atom stereocenters. The molecule has 0 amide bonds. The molecule has 1 N–H and O–H groups in total. The summed E-state index contributed by atoms with van der Waals surface area (Å²) in [5.74, 6) is 0.627. The van der Waals surface area contributed by atoms with Crippen molar-refractivity contribution < 1.29 is 12.9 Å². The average molecular weight is 354 g/mol. The molecule has 0 fully saturated rings. The number of aryl methyl sites for hydroxylation is 1. The maximum atomic E-state index is 12.3. The maximum Gasteiger partial charge on any atom is 0.250 e. The number of sulfonamides is 1. The predicted octanol–water partition coefficient (Wildman–Crippen LogP) is 3.56. The Morgan fingerprint density at radius 1 is 1.27 bits per heavy atom. The molecule has 0 saturated carbocycles. The van der Waals surface area contributed by atoms with E-state index in [4.69, 9.17) is 4.52 Å². The highest BCUT2D eigenvalue weighted by atomic mass is 32.2. The molecule has 116 valence electrons. The highest BCUT2D eigenvalue weighted by Gasteiger charge is 2.20. The van der Waals surface area contributed by atoms with Gasteiger partial charge in [0, 0.05) is 17.0 Å². The van der Waals surface area contributed by atoms with E-state index in [0.29, 0.717) is 12.3 Å². The molecular formula is C14H14N2O3S3. The molecule has 0 bridgehead atoms. The van der Waals surface area contributed by atoms with Crippen molar-refractivity contribution in [3.63, 3.8) is 0 Å². The molecule has 0 aliphatic carbocycles. The highest BCUT2D eigenvalue weighted by Crippen LogP contribution is 2.33. The van der Waals surface area contributed by atoms with Gasteiger partial charge in [0.25, 0.3) is 0 Å². The molecule has 3 aromatic heterocycles. The molecular weight excluding hydrogens is 340 g/mol. The van der Waals surface area contributed by atoms with Gasteiger partial charge < -0.3 is 4.52 Å². The van der Waals surface area contributed by atoms with Gasteiger partial charge in [-0.3, -0.25) is 0 Å². The minimum atomic E-state index is -3.52. The fourth-order valence-electron chi connectivity index (χ4n) is 1.88. The van der Waals surface area contributed by atoms with E-state index < -0.39 is 10.0 Å². The van der Waals surface area contributed by atoms with Crippen LogP contribution in [-0.4, -0.2) is 13.6 Å². The summed E-state index contributed by atoms with van der Waals surface area (Å²) < 4.78 is 32.8. The van der Waals surface area contributed by atoms with E-state index in [1.54, 1.807) is 12.1 Å². The van der Waals surface area contributed by atoms with Crippen LogP contribution in [0.25, 0.3) is 10.6 Å². The Labute approximate surface area is 136 Å². The number of rotatable bonds is 5. The smallest absolute Gasteiger partial charge is 0.250 e. The van der Waals surface area contributed by atoms with Gasteiger partial charge in [0.15, 0.2) is 5.76 Å². The van der Waals surface area contributed by atoms with Crippen molar-refractivity contribution in [2.24, 2.45) is 0 Å². The molecule has 8 heteroatoms. The lowest BCUT2D eigenvalue weighted by Gasteiger charge is -2.02. The predicted molar refractivity (Wildman–Crippen MR) is 87.6 cm³/mol. The van der Waals surface area contributed by atoms with E-state index in [9.17, 15) is 8.42 Å². The minimum absolute atomic E-state index is 0.271. The molecule has 0 radical (unpaired) electrons. The van der Waals surface area contributed by atoms with Crippen LogP contribution in [-0.2, 0) is 16.6 Å². The van der Waals surface area contributed by atoms with Crippen molar-refractivity contribution in [3.8, 4) is 10.6 Å². The zero-order valence-electron chi connectivity index (χ0n) is 12.0. The normalized spacial score (nSPS) is 11.9. The van der Waals surface area contributed by atoms with Crippen molar-refractivity contribution in [2.45, 2.75) is 24.6 Å². The molecule has 3 rings (SSSR count). The van der Waals surface area contributed by atoms with Crippen molar-refractivity contribution in [2.75, 3.05) is 0 Å². The zero-order chi connectivity index (χ0) is 15.7. The molecule has 0 aliphatic rings. The number of nitrogens with one attached hydrogen (secondary N) is 1. The summed E-state index contributed by atoms with van der Waals surface area (Å²) in [6.45, 7) is 4.06. The Morgan fingerprint density at radius 3 is 2.73 bits per heavy atom. The SMILES string of the molecule is Cc1noc(-c2ccc(S(=O)(=O)NCc3cccs3)s2)c1C. The fraction of sp³-hybridized carbons (Fsp3) is 0.214. The maximum absolute atomic E-state index is 12.3. The Hall–Kier alpha value is -1.48. The Balaban J connectivity index is 1.82. The molecule has 0 aliphatic heterocycles. The first-order valence-electron chi connectivity index (χ1n) is 6.52. The largest absolute Gasteiger partial charge is 0.355 e. The van der Waals surface area contributed by atoms with Crippen LogP contribution in [0.3, 0.4) is 0 Å². The summed E-state index contributed by atoms with van der Waals surface area (Å²) in [5, 5.41) is 5.82. The summed E-state index contributed by atoms with van der Waals surface area (Å²) in [5.41, 5.74) is 1.74. The van der Waals surface area contributed by atoms with E-state index in [-0.39, 0.29) is 4.21 Å². The first-order valence-corrected chi connectivity index (χ1v) is 9.70. The van der Waals surface area contributed by atoms with Crippen molar-refractivity contribution in [3.05, 3.63) is 45.8 Å². The van der Waals surface area contributed by atoms with Crippen LogP contribution >= 0.6 is 22.7 Å². The van der Waals surface area contributed by atoms with Gasteiger partial charge in [-0.2, -0.15) is 0 Å². The van der Waals surface area contributed by atoms with E-state index in [1.165, 1.54) is 22.7 Å². The zero-order valence-corrected chi connectivity index (χ0v) is 14.4. The summed E-state index contributed by atoms with van der Waals surface area (Å²) in [7, 11) is -3.52. The lowest BCUT2D eigenvalue weighted by molar-refractivity contribution is 0.427. The van der Waals surface area contributed by atoms with Gasteiger partial charge in [-0.1, -0.05) is 11.2 Å². The van der Waals surface area contributed by atoms with Gasteiger partial charge in [0.05, 0.1) is 10.6 Å². The quantitative estimate of drug-likeness (QED) is 0.760. The first kappa shape index (κ1) is 15.4. The molecule has 0 aromatic carbocycles. The summed E-state index contributed by atoms with van der Waals surface area (Å²) >= 11 is 2.70. The lowest BCUT2D eigenvalue weighted by Crippen LogP contribution is -2.21. The topological polar surface area (TPSA) is 72.2 Å². The second-order valence-corrected chi connectivity index (χ2v) is 8.85. The Morgan fingerprint density at radius 2 is 2.09 bits per heavy atom. The standard InChI is InChI=1S/C14H14N2O3S3/c1-9-10(2)16-19-14(9)12-5-6-13(21-12)22(17,18)15-8-11-4-3-7-20-11/h3-7,15H,8H2,1-2H3. The third-order valence-corrected chi connectivity index (χ3v) is 7.10. The van der Waals surface area contributed by atoms with Gasteiger partial charge in [-0.25, -0.2) is 13.1 Å². The number of thiophene rings is 2. The molecule has 0 spiro atoms. The Kier molecular flexibility index (Phi) is 4.18. The van der Waals surface area contributed by atoms with E-state index in [2.05, 4.69) is 9.88 Å². The van der Waals surface area contributed by atoms with Crippen LogP contribution < -0.4 is 4.72 Å². The van der Waals surface area contributed by atoms with Crippen molar-refractivity contribution >= 4 is 32.7 Å².